The molecule has 1 rings (SSSR count). The van der Waals surface area contributed by atoms with Crippen LogP contribution in [-0.4, -0.2) is 17.1 Å². The molecule has 0 saturated heterocycles. The van der Waals surface area contributed by atoms with Crippen LogP contribution in [0.25, 0.3) is 0 Å². The fraction of sp³-hybridized carbons (Fsp3) is 0.692. The molecule has 17 heavy (non-hydrogen) atoms. The first-order chi connectivity index (χ1) is 8.01. The van der Waals surface area contributed by atoms with E-state index >= 15 is 0 Å². The van der Waals surface area contributed by atoms with Crippen molar-refractivity contribution in [3.63, 3.8) is 0 Å². The lowest BCUT2D eigenvalue weighted by molar-refractivity contribution is 0.0922. The summed E-state index contributed by atoms with van der Waals surface area (Å²) in [5.74, 6) is 0.952. The molecular formula is C13H22N2O2. The SMILES string of the molecule is CCc1noc(C)c1C(=O)N[C@@H](CC)C(C)C. The van der Waals surface area contributed by atoms with E-state index in [9.17, 15) is 4.79 Å². The highest BCUT2D eigenvalue weighted by Gasteiger charge is 2.22. The molecule has 0 radical (unpaired) electrons. The number of nitrogens with zero attached hydrogens (tertiary/aromatic N) is 1. The molecule has 0 fully saturated rings. The van der Waals surface area contributed by atoms with Crippen LogP contribution in [-0.2, 0) is 6.42 Å². The van der Waals surface area contributed by atoms with Crippen molar-refractivity contribution in [2.24, 2.45) is 5.92 Å². The van der Waals surface area contributed by atoms with Gasteiger partial charge in [-0.3, -0.25) is 4.79 Å². The van der Waals surface area contributed by atoms with E-state index in [0.717, 1.165) is 12.1 Å². The highest BCUT2D eigenvalue weighted by molar-refractivity contribution is 5.96. The molecule has 1 aromatic heterocycles. The van der Waals surface area contributed by atoms with Crippen LogP contribution < -0.4 is 5.32 Å². The molecule has 0 aromatic carbocycles. The second-order valence-electron chi connectivity index (χ2n) is 4.65. The summed E-state index contributed by atoms with van der Waals surface area (Å²) in [6.07, 6.45) is 1.63. The highest BCUT2D eigenvalue weighted by Crippen LogP contribution is 2.15. The van der Waals surface area contributed by atoms with E-state index in [-0.39, 0.29) is 11.9 Å². The van der Waals surface area contributed by atoms with Gasteiger partial charge in [0.25, 0.3) is 5.91 Å². The maximum Gasteiger partial charge on any atom is 0.257 e. The lowest BCUT2D eigenvalue weighted by atomic mass is 10.0. The third kappa shape index (κ3) is 3.08. The maximum absolute atomic E-state index is 12.2. The van der Waals surface area contributed by atoms with E-state index < -0.39 is 0 Å². The molecule has 0 unspecified atom stereocenters. The van der Waals surface area contributed by atoms with Crippen LogP contribution in [0.5, 0.6) is 0 Å². The van der Waals surface area contributed by atoms with Gasteiger partial charge in [-0.1, -0.05) is 32.9 Å². The molecule has 0 spiro atoms. The third-order valence-electron chi connectivity index (χ3n) is 3.06. The first kappa shape index (κ1) is 13.7. The number of rotatable bonds is 5. The molecule has 4 nitrogen and oxygen atoms in total. The van der Waals surface area contributed by atoms with Crippen molar-refractivity contribution < 1.29 is 9.32 Å². The highest BCUT2D eigenvalue weighted by atomic mass is 16.5. The van der Waals surface area contributed by atoms with Crippen molar-refractivity contribution in [2.45, 2.75) is 53.5 Å². The van der Waals surface area contributed by atoms with Crippen molar-refractivity contribution >= 4 is 5.91 Å². The molecular weight excluding hydrogens is 216 g/mol. The zero-order valence-corrected chi connectivity index (χ0v) is 11.3. The van der Waals surface area contributed by atoms with Crippen LogP contribution in [0.3, 0.4) is 0 Å². The average molecular weight is 238 g/mol. The minimum absolute atomic E-state index is 0.0684. The largest absolute Gasteiger partial charge is 0.361 e. The zero-order chi connectivity index (χ0) is 13.0. The number of aryl methyl sites for hydroxylation is 2. The standard InChI is InChI=1S/C13H22N2O2/c1-6-10(8(3)4)14-13(16)12-9(5)17-15-11(12)7-2/h8,10H,6-7H2,1-5H3,(H,14,16)/t10-/m0/s1. The number of hydrogen-bond acceptors (Lipinski definition) is 3. The van der Waals surface area contributed by atoms with Crippen LogP contribution in [0.4, 0.5) is 0 Å². The predicted octanol–water partition coefficient (Wildman–Crippen LogP) is 2.71. The van der Waals surface area contributed by atoms with Crippen molar-refractivity contribution in [3.05, 3.63) is 17.0 Å². The molecule has 0 saturated carbocycles. The minimum Gasteiger partial charge on any atom is -0.361 e. The number of carbonyl (C=O) groups excluding carboxylic acids is 1. The first-order valence-corrected chi connectivity index (χ1v) is 6.27. The molecule has 96 valence electrons. The van der Waals surface area contributed by atoms with Gasteiger partial charge in [0.1, 0.15) is 11.3 Å². The van der Waals surface area contributed by atoms with Gasteiger partial charge >= 0.3 is 0 Å². The van der Waals surface area contributed by atoms with Crippen LogP contribution in [0.1, 0.15) is 55.9 Å². The van der Waals surface area contributed by atoms with Gasteiger partial charge in [-0.2, -0.15) is 0 Å². The molecule has 1 heterocycles. The third-order valence-corrected chi connectivity index (χ3v) is 3.06. The van der Waals surface area contributed by atoms with Crippen molar-refractivity contribution in [1.29, 1.82) is 0 Å². The summed E-state index contributed by atoms with van der Waals surface area (Å²) in [5.41, 5.74) is 1.34. The van der Waals surface area contributed by atoms with E-state index in [2.05, 4.69) is 31.2 Å². The maximum atomic E-state index is 12.2. The van der Waals surface area contributed by atoms with Crippen LogP contribution in [0.2, 0.25) is 0 Å². The van der Waals surface area contributed by atoms with Crippen molar-refractivity contribution in [1.82, 2.24) is 10.5 Å². The first-order valence-electron chi connectivity index (χ1n) is 6.27. The van der Waals surface area contributed by atoms with Crippen LogP contribution in [0.15, 0.2) is 4.52 Å². The zero-order valence-electron chi connectivity index (χ0n) is 11.3. The van der Waals surface area contributed by atoms with Crippen LogP contribution >= 0.6 is 0 Å². The molecule has 0 aliphatic rings. The molecule has 1 N–H and O–H groups in total. The lowest BCUT2D eigenvalue weighted by Crippen LogP contribution is -2.38. The van der Waals surface area contributed by atoms with Gasteiger partial charge in [0.15, 0.2) is 0 Å². The van der Waals surface area contributed by atoms with Crippen molar-refractivity contribution in [2.75, 3.05) is 0 Å². The molecule has 0 aliphatic heterocycles. The number of amides is 1. The van der Waals surface area contributed by atoms with Gasteiger partial charge in [0, 0.05) is 6.04 Å². The van der Waals surface area contributed by atoms with Crippen LogP contribution in [0, 0.1) is 12.8 Å². The second kappa shape index (κ2) is 5.84. The Morgan fingerprint density at radius 3 is 2.53 bits per heavy atom. The summed E-state index contributed by atoms with van der Waals surface area (Å²) in [7, 11) is 0. The topological polar surface area (TPSA) is 55.1 Å². The van der Waals surface area contributed by atoms with E-state index in [0.29, 0.717) is 23.7 Å². The Bertz CT molecular complexity index is 383. The number of nitrogens with one attached hydrogen (secondary N) is 1. The Morgan fingerprint density at radius 2 is 2.06 bits per heavy atom. The molecule has 1 amide bonds. The van der Waals surface area contributed by atoms with Gasteiger partial charge in [0.05, 0.1) is 5.69 Å². The monoisotopic (exact) mass is 238 g/mol. The Morgan fingerprint density at radius 1 is 1.41 bits per heavy atom. The summed E-state index contributed by atoms with van der Waals surface area (Å²) >= 11 is 0. The predicted molar refractivity (Wildman–Crippen MR) is 67.0 cm³/mol. The Kier molecular flexibility index (Phi) is 4.73. The Hall–Kier alpha value is -1.32. The van der Waals surface area contributed by atoms with E-state index in [1.165, 1.54) is 0 Å². The fourth-order valence-corrected chi connectivity index (χ4v) is 1.93. The summed E-state index contributed by atoms with van der Waals surface area (Å²) in [6, 6.07) is 0.196. The van der Waals surface area contributed by atoms with E-state index in [4.69, 9.17) is 4.52 Å². The fourth-order valence-electron chi connectivity index (χ4n) is 1.93. The van der Waals surface area contributed by atoms with Gasteiger partial charge in [-0.05, 0) is 25.7 Å². The second-order valence-corrected chi connectivity index (χ2v) is 4.65. The normalized spacial score (nSPS) is 12.8. The van der Waals surface area contributed by atoms with E-state index in [1.807, 2.05) is 6.92 Å². The number of aromatic nitrogens is 1. The number of carbonyl (C=O) groups is 1. The van der Waals surface area contributed by atoms with Gasteiger partial charge in [-0.25, -0.2) is 0 Å². The van der Waals surface area contributed by atoms with Crippen molar-refractivity contribution in [3.8, 4) is 0 Å². The van der Waals surface area contributed by atoms with Gasteiger partial charge in [0.2, 0.25) is 0 Å². The van der Waals surface area contributed by atoms with E-state index in [1.54, 1.807) is 6.92 Å². The lowest BCUT2D eigenvalue weighted by Gasteiger charge is -2.20. The smallest absolute Gasteiger partial charge is 0.257 e. The Labute approximate surface area is 103 Å². The van der Waals surface area contributed by atoms with Gasteiger partial charge < -0.3 is 9.84 Å². The molecule has 1 aromatic rings. The summed E-state index contributed by atoms with van der Waals surface area (Å²) in [6.45, 7) is 10.0. The average Bonchev–Trinajstić information content (AvgIpc) is 2.66. The minimum atomic E-state index is -0.0684. The Balaban J connectivity index is 2.85. The summed E-state index contributed by atoms with van der Waals surface area (Å²) in [4.78, 5) is 12.2. The number of hydrogen-bond donors (Lipinski definition) is 1. The summed E-state index contributed by atoms with van der Waals surface area (Å²) < 4.78 is 5.07. The molecule has 1 atom stereocenters. The molecule has 0 aliphatic carbocycles. The van der Waals surface area contributed by atoms with Gasteiger partial charge in [-0.15, -0.1) is 0 Å². The molecule has 0 bridgehead atoms. The summed E-state index contributed by atoms with van der Waals surface area (Å²) in [5, 5.41) is 6.94. The molecule has 4 heteroatoms. The quantitative estimate of drug-likeness (QED) is 0.858.